The zero-order valence-electron chi connectivity index (χ0n) is 11.0. The van der Waals surface area contributed by atoms with E-state index in [0.717, 1.165) is 31.7 Å². The number of nitrogens with zero attached hydrogens (tertiary/aromatic N) is 3. The first kappa shape index (κ1) is 12.7. The number of rotatable bonds is 3. The summed E-state index contributed by atoms with van der Waals surface area (Å²) in [5, 5.41) is 2.98. The van der Waals surface area contributed by atoms with Gasteiger partial charge in [-0.15, -0.1) is 0 Å². The van der Waals surface area contributed by atoms with E-state index in [4.69, 9.17) is 4.42 Å². The number of anilines is 1. The van der Waals surface area contributed by atoms with Crippen LogP contribution in [0.15, 0.2) is 41.4 Å². The van der Waals surface area contributed by atoms with Crippen molar-refractivity contribution in [3.8, 4) is 0 Å². The number of carbonyl (C=O) groups excluding carboxylic acids is 1. The number of pyridine rings is 1. The third kappa shape index (κ3) is 2.79. The van der Waals surface area contributed by atoms with E-state index < -0.39 is 0 Å². The Labute approximate surface area is 116 Å². The molecular formula is C14H16N4O2. The third-order valence-electron chi connectivity index (χ3n) is 3.39. The first-order chi connectivity index (χ1) is 9.83. The van der Waals surface area contributed by atoms with Crippen LogP contribution in [-0.2, 0) is 0 Å². The average Bonchev–Trinajstić information content (AvgIpc) is 3.03. The fraction of sp³-hybridized carbons (Fsp3) is 0.357. The van der Waals surface area contributed by atoms with Crippen molar-refractivity contribution < 1.29 is 9.21 Å². The van der Waals surface area contributed by atoms with E-state index in [9.17, 15) is 4.79 Å². The van der Waals surface area contributed by atoms with Crippen molar-refractivity contribution >= 4 is 11.7 Å². The molecule has 1 fully saturated rings. The maximum Gasteiger partial charge on any atom is 0.288 e. The Bertz CT molecular complexity index is 556. The van der Waals surface area contributed by atoms with Gasteiger partial charge in [-0.1, -0.05) is 6.07 Å². The molecule has 6 heteroatoms. The number of piperidine rings is 1. The van der Waals surface area contributed by atoms with Crippen LogP contribution in [0.25, 0.3) is 0 Å². The van der Waals surface area contributed by atoms with Crippen LogP contribution in [0.1, 0.15) is 23.4 Å². The third-order valence-corrected chi connectivity index (χ3v) is 3.39. The van der Waals surface area contributed by atoms with Gasteiger partial charge < -0.3 is 14.6 Å². The molecule has 20 heavy (non-hydrogen) atoms. The van der Waals surface area contributed by atoms with Crippen molar-refractivity contribution in [3.05, 3.63) is 42.7 Å². The molecule has 2 aromatic heterocycles. The predicted molar refractivity (Wildman–Crippen MR) is 73.4 cm³/mol. The molecule has 3 heterocycles. The number of carbonyl (C=O) groups is 1. The topological polar surface area (TPSA) is 71.3 Å². The quantitative estimate of drug-likeness (QED) is 0.916. The molecule has 0 bridgehead atoms. The van der Waals surface area contributed by atoms with Gasteiger partial charge >= 0.3 is 0 Å². The highest BCUT2D eigenvalue weighted by Crippen LogP contribution is 2.17. The van der Waals surface area contributed by atoms with Crippen molar-refractivity contribution in [2.45, 2.75) is 18.9 Å². The Hall–Kier alpha value is -2.37. The summed E-state index contributed by atoms with van der Waals surface area (Å²) in [5.41, 5.74) is 0. The molecule has 1 aliphatic rings. The number of nitrogens with one attached hydrogen (secondary N) is 1. The molecule has 6 nitrogen and oxygen atoms in total. The van der Waals surface area contributed by atoms with Gasteiger partial charge in [-0.25, -0.2) is 9.97 Å². The normalized spacial score (nSPS) is 18.8. The van der Waals surface area contributed by atoms with Gasteiger partial charge in [0, 0.05) is 25.3 Å². The van der Waals surface area contributed by atoms with E-state index in [2.05, 4.69) is 20.2 Å². The fourth-order valence-electron chi connectivity index (χ4n) is 2.43. The van der Waals surface area contributed by atoms with Crippen LogP contribution >= 0.6 is 0 Å². The number of hydrogen-bond acceptors (Lipinski definition) is 5. The zero-order chi connectivity index (χ0) is 13.8. The largest absolute Gasteiger partial charge is 0.438 e. The standard InChI is InChI=1S/C14H16N4O2/c19-14(12-8-15-10-20-12)17-11-4-3-7-18(9-11)13-5-1-2-6-16-13/h1-2,5-6,8,10-11H,3-4,7,9H2,(H,17,19). The minimum atomic E-state index is -0.213. The van der Waals surface area contributed by atoms with Gasteiger partial charge in [0.15, 0.2) is 6.39 Å². The second-order valence-corrected chi connectivity index (χ2v) is 4.81. The molecule has 1 N–H and O–H groups in total. The molecular weight excluding hydrogens is 256 g/mol. The number of amides is 1. The summed E-state index contributed by atoms with van der Waals surface area (Å²) in [6.45, 7) is 1.72. The second kappa shape index (κ2) is 5.73. The first-order valence-electron chi connectivity index (χ1n) is 6.68. The molecule has 0 spiro atoms. The van der Waals surface area contributed by atoms with Crippen molar-refractivity contribution in [1.82, 2.24) is 15.3 Å². The first-order valence-corrected chi connectivity index (χ1v) is 6.68. The van der Waals surface area contributed by atoms with E-state index in [1.54, 1.807) is 6.20 Å². The molecule has 2 aromatic rings. The highest BCUT2D eigenvalue weighted by molar-refractivity contribution is 5.91. The van der Waals surface area contributed by atoms with Crippen molar-refractivity contribution in [3.63, 3.8) is 0 Å². The lowest BCUT2D eigenvalue weighted by Crippen LogP contribution is -2.48. The van der Waals surface area contributed by atoms with Crippen LogP contribution in [0, 0.1) is 0 Å². The highest BCUT2D eigenvalue weighted by atomic mass is 16.3. The Kier molecular flexibility index (Phi) is 3.62. The molecule has 1 unspecified atom stereocenters. The molecule has 0 radical (unpaired) electrons. The summed E-state index contributed by atoms with van der Waals surface area (Å²) >= 11 is 0. The van der Waals surface area contributed by atoms with Gasteiger partial charge in [-0.2, -0.15) is 0 Å². The van der Waals surface area contributed by atoms with E-state index in [1.165, 1.54) is 12.6 Å². The van der Waals surface area contributed by atoms with Crippen LogP contribution in [0.2, 0.25) is 0 Å². The van der Waals surface area contributed by atoms with Crippen LogP contribution in [0.3, 0.4) is 0 Å². The van der Waals surface area contributed by atoms with Crippen LogP contribution in [0.4, 0.5) is 5.82 Å². The predicted octanol–water partition coefficient (Wildman–Crippen LogP) is 1.47. The summed E-state index contributed by atoms with van der Waals surface area (Å²) in [7, 11) is 0. The van der Waals surface area contributed by atoms with E-state index in [1.807, 2.05) is 18.2 Å². The summed E-state index contributed by atoms with van der Waals surface area (Å²) < 4.78 is 5.00. The average molecular weight is 272 g/mol. The Morgan fingerprint density at radius 3 is 3.15 bits per heavy atom. The van der Waals surface area contributed by atoms with Crippen LogP contribution in [0.5, 0.6) is 0 Å². The number of hydrogen-bond donors (Lipinski definition) is 1. The molecule has 1 saturated heterocycles. The van der Waals surface area contributed by atoms with Gasteiger partial charge in [0.2, 0.25) is 5.76 Å². The minimum absolute atomic E-state index is 0.100. The van der Waals surface area contributed by atoms with Gasteiger partial charge in [0.05, 0.1) is 6.20 Å². The van der Waals surface area contributed by atoms with Crippen LogP contribution < -0.4 is 10.2 Å². The van der Waals surface area contributed by atoms with Gasteiger partial charge in [0.25, 0.3) is 5.91 Å². The summed E-state index contributed by atoms with van der Waals surface area (Å²) in [4.78, 5) is 22.2. The molecule has 104 valence electrons. The maximum absolute atomic E-state index is 11.9. The number of aromatic nitrogens is 2. The van der Waals surface area contributed by atoms with Crippen molar-refractivity contribution in [2.75, 3.05) is 18.0 Å². The molecule has 1 atom stereocenters. The smallest absolute Gasteiger partial charge is 0.288 e. The lowest BCUT2D eigenvalue weighted by Gasteiger charge is -2.33. The fourth-order valence-corrected chi connectivity index (χ4v) is 2.43. The summed E-state index contributed by atoms with van der Waals surface area (Å²) in [6, 6.07) is 5.96. The van der Waals surface area contributed by atoms with Crippen molar-refractivity contribution in [1.29, 1.82) is 0 Å². The van der Waals surface area contributed by atoms with Gasteiger partial charge in [-0.05, 0) is 25.0 Å². The SMILES string of the molecule is O=C(NC1CCCN(c2ccccn2)C1)c1cnco1. The molecule has 1 aliphatic heterocycles. The Morgan fingerprint density at radius 1 is 1.45 bits per heavy atom. The monoisotopic (exact) mass is 272 g/mol. The minimum Gasteiger partial charge on any atom is -0.438 e. The summed E-state index contributed by atoms with van der Waals surface area (Å²) in [5.74, 6) is 0.987. The molecule has 0 aliphatic carbocycles. The van der Waals surface area contributed by atoms with E-state index in [0.29, 0.717) is 0 Å². The second-order valence-electron chi connectivity index (χ2n) is 4.81. The lowest BCUT2D eigenvalue weighted by atomic mass is 10.1. The molecule has 1 amide bonds. The summed E-state index contributed by atoms with van der Waals surface area (Å²) in [6.07, 6.45) is 6.46. The van der Waals surface area contributed by atoms with E-state index >= 15 is 0 Å². The highest BCUT2D eigenvalue weighted by Gasteiger charge is 2.23. The van der Waals surface area contributed by atoms with Gasteiger partial charge in [0.1, 0.15) is 5.82 Å². The Morgan fingerprint density at radius 2 is 2.40 bits per heavy atom. The molecule has 3 rings (SSSR count). The lowest BCUT2D eigenvalue weighted by molar-refractivity contribution is 0.0905. The molecule has 0 aromatic carbocycles. The van der Waals surface area contributed by atoms with Crippen LogP contribution in [-0.4, -0.2) is 35.0 Å². The van der Waals surface area contributed by atoms with E-state index in [-0.39, 0.29) is 17.7 Å². The van der Waals surface area contributed by atoms with Crippen molar-refractivity contribution in [2.24, 2.45) is 0 Å². The Balaban J connectivity index is 1.62. The molecule has 0 saturated carbocycles. The maximum atomic E-state index is 11.9. The van der Waals surface area contributed by atoms with Gasteiger partial charge in [-0.3, -0.25) is 4.79 Å². The zero-order valence-corrected chi connectivity index (χ0v) is 11.0. The number of oxazole rings is 1.